The molecule has 2 saturated heterocycles. The number of primary amides is 1. The standard InChI is InChI=1S/C15H20BrN3O/c1-15(2)12-7-18-6-9(12)8-19(15)13-5-10(16)3-4-11(13)14(17)20/h3-5,9,12,18H,6-8H2,1-2H3,(H2,17,20). The molecule has 2 unspecified atom stereocenters. The maximum atomic E-state index is 11.7. The van der Waals surface area contributed by atoms with Gasteiger partial charge < -0.3 is 16.0 Å². The summed E-state index contributed by atoms with van der Waals surface area (Å²) in [6, 6.07) is 5.69. The van der Waals surface area contributed by atoms with E-state index in [9.17, 15) is 4.79 Å². The van der Waals surface area contributed by atoms with Gasteiger partial charge in [-0.3, -0.25) is 4.79 Å². The van der Waals surface area contributed by atoms with Crippen LogP contribution >= 0.6 is 15.9 Å². The molecule has 4 nitrogen and oxygen atoms in total. The van der Waals surface area contributed by atoms with Gasteiger partial charge in [0, 0.05) is 29.6 Å². The first-order chi connectivity index (χ1) is 9.41. The Bertz CT molecular complexity index is 558. The highest BCUT2D eigenvalue weighted by atomic mass is 79.9. The van der Waals surface area contributed by atoms with Crippen molar-refractivity contribution in [2.24, 2.45) is 17.6 Å². The van der Waals surface area contributed by atoms with Crippen molar-refractivity contribution < 1.29 is 4.79 Å². The van der Waals surface area contributed by atoms with Gasteiger partial charge in [-0.15, -0.1) is 0 Å². The van der Waals surface area contributed by atoms with Gasteiger partial charge in [0.25, 0.3) is 5.91 Å². The molecule has 20 heavy (non-hydrogen) atoms. The Morgan fingerprint density at radius 3 is 2.85 bits per heavy atom. The van der Waals surface area contributed by atoms with Gasteiger partial charge in [0.05, 0.1) is 11.3 Å². The van der Waals surface area contributed by atoms with E-state index < -0.39 is 0 Å². The molecule has 2 fully saturated rings. The molecule has 108 valence electrons. The predicted octanol–water partition coefficient (Wildman–Crippen LogP) is 1.98. The van der Waals surface area contributed by atoms with Crippen LogP contribution in [0.1, 0.15) is 24.2 Å². The summed E-state index contributed by atoms with van der Waals surface area (Å²) in [4.78, 5) is 14.1. The Balaban J connectivity index is 2.05. The van der Waals surface area contributed by atoms with Crippen LogP contribution in [0.15, 0.2) is 22.7 Å². The van der Waals surface area contributed by atoms with E-state index in [0.29, 0.717) is 17.4 Å². The fourth-order valence-corrected chi connectivity index (χ4v) is 4.12. The number of carbonyl (C=O) groups is 1. The average Bonchev–Trinajstić information content (AvgIpc) is 2.91. The van der Waals surface area contributed by atoms with Crippen LogP contribution in [0.25, 0.3) is 0 Å². The van der Waals surface area contributed by atoms with E-state index in [1.54, 1.807) is 0 Å². The number of carbonyl (C=O) groups excluding carboxylic acids is 1. The van der Waals surface area contributed by atoms with Crippen molar-refractivity contribution in [3.63, 3.8) is 0 Å². The smallest absolute Gasteiger partial charge is 0.250 e. The first kappa shape index (κ1) is 13.9. The molecule has 0 aliphatic carbocycles. The lowest BCUT2D eigenvalue weighted by atomic mass is 9.84. The van der Waals surface area contributed by atoms with E-state index in [2.05, 4.69) is 40.0 Å². The number of nitrogens with one attached hydrogen (secondary N) is 1. The van der Waals surface area contributed by atoms with Crippen LogP contribution in [0.4, 0.5) is 5.69 Å². The zero-order valence-corrected chi connectivity index (χ0v) is 13.4. The quantitative estimate of drug-likeness (QED) is 0.867. The Morgan fingerprint density at radius 1 is 1.45 bits per heavy atom. The van der Waals surface area contributed by atoms with Crippen LogP contribution in [0.2, 0.25) is 0 Å². The average molecular weight is 338 g/mol. The van der Waals surface area contributed by atoms with Crippen molar-refractivity contribution in [3.8, 4) is 0 Å². The van der Waals surface area contributed by atoms with E-state index in [1.807, 2.05) is 18.2 Å². The first-order valence-electron chi connectivity index (χ1n) is 6.99. The van der Waals surface area contributed by atoms with Gasteiger partial charge in [0.2, 0.25) is 0 Å². The molecule has 1 amide bonds. The summed E-state index contributed by atoms with van der Waals surface area (Å²) in [5.41, 5.74) is 7.13. The number of anilines is 1. The van der Waals surface area contributed by atoms with Gasteiger partial charge in [-0.05, 0) is 43.9 Å². The Hall–Kier alpha value is -1.07. The van der Waals surface area contributed by atoms with Crippen molar-refractivity contribution in [2.75, 3.05) is 24.5 Å². The maximum absolute atomic E-state index is 11.7. The van der Waals surface area contributed by atoms with Crippen molar-refractivity contribution in [3.05, 3.63) is 28.2 Å². The summed E-state index contributed by atoms with van der Waals surface area (Å²) < 4.78 is 0.975. The normalized spacial score (nSPS) is 27.6. The third kappa shape index (κ3) is 2.04. The summed E-state index contributed by atoms with van der Waals surface area (Å²) >= 11 is 3.50. The number of nitrogens with two attached hydrogens (primary N) is 1. The SMILES string of the molecule is CC1(C)C2CNCC2CN1c1cc(Br)ccc1C(N)=O. The zero-order chi connectivity index (χ0) is 14.5. The molecule has 2 aliphatic rings. The molecule has 3 rings (SSSR count). The molecular formula is C15H20BrN3O. The summed E-state index contributed by atoms with van der Waals surface area (Å²) in [5.74, 6) is 0.894. The van der Waals surface area contributed by atoms with E-state index in [0.717, 1.165) is 29.8 Å². The lowest BCUT2D eigenvalue weighted by molar-refractivity contribution is 0.100. The Kier molecular flexibility index (Phi) is 3.29. The largest absolute Gasteiger partial charge is 0.366 e. The molecule has 0 bridgehead atoms. The van der Waals surface area contributed by atoms with Crippen LogP contribution < -0.4 is 16.0 Å². The molecule has 0 spiro atoms. The van der Waals surface area contributed by atoms with Gasteiger partial charge in [-0.25, -0.2) is 0 Å². The molecule has 1 aromatic carbocycles. The molecule has 0 aromatic heterocycles. The summed E-state index contributed by atoms with van der Waals surface area (Å²) in [6.07, 6.45) is 0. The molecule has 0 saturated carbocycles. The third-order valence-electron chi connectivity index (χ3n) is 4.88. The minimum Gasteiger partial charge on any atom is -0.366 e. The van der Waals surface area contributed by atoms with Crippen molar-refractivity contribution in [1.29, 1.82) is 0 Å². The number of halogens is 1. The lowest BCUT2D eigenvalue weighted by Gasteiger charge is -2.38. The topological polar surface area (TPSA) is 58.4 Å². The zero-order valence-electron chi connectivity index (χ0n) is 11.8. The van der Waals surface area contributed by atoms with E-state index in [4.69, 9.17) is 5.73 Å². The van der Waals surface area contributed by atoms with Crippen LogP contribution in [-0.4, -0.2) is 31.1 Å². The van der Waals surface area contributed by atoms with Gasteiger partial charge in [0.1, 0.15) is 0 Å². The predicted molar refractivity (Wildman–Crippen MR) is 83.9 cm³/mol. The van der Waals surface area contributed by atoms with Gasteiger partial charge in [-0.1, -0.05) is 15.9 Å². The number of hydrogen-bond donors (Lipinski definition) is 2. The molecule has 0 radical (unpaired) electrons. The highest BCUT2D eigenvalue weighted by molar-refractivity contribution is 9.10. The molecule has 3 N–H and O–H groups in total. The van der Waals surface area contributed by atoms with Gasteiger partial charge in [0.15, 0.2) is 0 Å². The monoisotopic (exact) mass is 337 g/mol. The number of fused-ring (bicyclic) bond motifs is 1. The van der Waals surface area contributed by atoms with Crippen molar-refractivity contribution >= 4 is 27.5 Å². The van der Waals surface area contributed by atoms with Crippen molar-refractivity contribution in [2.45, 2.75) is 19.4 Å². The fraction of sp³-hybridized carbons (Fsp3) is 0.533. The Morgan fingerprint density at radius 2 is 2.20 bits per heavy atom. The molecule has 2 heterocycles. The van der Waals surface area contributed by atoms with E-state index in [1.165, 1.54) is 0 Å². The molecule has 1 aromatic rings. The third-order valence-corrected chi connectivity index (χ3v) is 5.37. The first-order valence-corrected chi connectivity index (χ1v) is 7.78. The van der Waals surface area contributed by atoms with Crippen LogP contribution in [0, 0.1) is 11.8 Å². The number of benzene rings is 1. The van der Waals surface area contributed by atoms with Crippen LogP contribution in [-0.2, 0) is 0 Å². The van der Waals surface area contributed by atoms with Crippen LogP contribution in [0.3, 0.4) is 0 Å². The number of hydrogen-bond acceptors (Lipinski definition) is 3. The second-order valence-electron chi connectivity index (χ2n) is 6.31. The lowest BCUT2D eigenvalue weighted by Crippen LogP contribution is -2.45. The van der Waals surface area contributed by atoms with Gasteiger partial charge >= 0.3 is 0 Å². The number of rotatable bonds is 2. The second-order valence-corrected chi connectivity index (χ2v) is 7.23. The fourth-order valence-electron chi connectivity index (χ4n) is 3.77. The van der Waals surface area contributed by atoms with Crippen LogP contribution in [0.5, 0.6) is 0 Å². The minimum atomic E-state index is -0.363. The van der Waals surface area contributed by atoms with E-state index in [-0.39, 0.29) is 11.4 Å². The molecule has 2 aliphatic heterocycles. The number of nitrogens with zero attached hydrogens (tertiary/aromatic N) is 1. The molecule has 2 atom stereocenters. The summed E-state index contributed by atoms with van der Waals surface area (Å²) in [7, 11) is 0. The van der Waals surface area contributed by atoms with E-state index >= 15 is 0 Å². The van der Waals surface area contributed by atoms with Gasteiger partial charge in [-0.2, -0.15) is 0 Å². The Labute approximate surface area is 127 Å². The highest BCUT2D eigenvalue weighted by Gasteiger charge is 2.50. The highest BCUT2D eigenvalue weighted by Crippen LogP contribution is 2.44. The summed E-state index contributed by atoms with van der Waals surface area (Å²) in [6.45, 7) is 7.60. The maximum Gasteiger partial charge on any atom is 0.250 e. The van der Waals surface area contributed by atoms with Crippen molar-refractivity contribution in [1.82, 2.24) is 5.32 Å². The second kappa shape index (κ2) is 4.74. The molecular weight excluding hydrogens is 318 g/mol. The summed E-state index contributed by atoms with van der Waals surface area (Å²) in [5, 5.41) is 3.47. The molecule has 5 heteroatoms. The minimum absolute atomic E-state index is 0.0269. The number of amides is 1.